The van der Waals surface area contributed by atoms with Gasteiger partial charge in [0.2, 0.25) is 0 Å². The third kappa shape index (κ3) is 2.21. The Kier molecular flexibility index (Phi) is 3.20. The molecule has 0 saturated carbocycles. The van der Waals surface area contributed by atoms with Crippen molar-refractivity contribution in [3.63, 3.8) is 0 Å². The molecule has 18 heavy (non-hydrogen) atoms. The van der Waals surface area contributed by atoms with E-state index in [9.17, 15) is 0 Å². The van der Waals surface area contributed by atoms with Gasteiger partial charge in [0.05, 0.1) is 15.5 Å². The van der Waals surface area contributed by atoms with Gasteiger partial charge in [-0.05, 0) is 28.1 Å². The Morgan fingerprint density at radius 1 is 1.44 bits per heavy atom. The van der Waals surface area contributed by atoms with Crippen LogP contribution >= 0.6 is 27.3 Å². The van der Waals surface area contributed by atoms with E-state index in [1.54, 1.807) is 17.5 Å². The Bertz CT molecular complexity index is 663. The Morgan fingerprint density at radius 3 is 3.06 bits per heavy atom. The van der Waals surface area contributed by atoms with Gasteiger partial charge in [-0.15, -0.1) is 11.3 Å². The van der Waals surface area contributed by atoms with Gasteiger partial charge in [-0.25, -0.2) is 4.98 Å². The number of halogens is 1. The highest BCUT2D eigenvalue weighted by Gasteiger charge is 2.15. The van der Waals surface area contributed by atoms with Crippen LogP contribution in [0.3, 0.4) is 0 Å². The standard InChI is InChI=1S/C13H11BrN2OS/c14-9-3-1-2-8-6-11(17-13(8)9)10(15)7-12-16-4-5-18-12/h1-6,10H,7,15H2. The number of aromatic nitrogens is 1. The monoisotopic (exact) mass is 322 g/mol. The molecule has 0 aliphatic carbocycles. The molecule has 2 aromatic heterocycles. The minimum atomic E-state index is -0.157. The Hall–Kier alpha value is -1.17. The summed E-state index contributed by atoms with van der Waals surface area (Å²) in [7, 11) is 0. The fourth-order valence-corrected chi connectivity index (χ4v) is 3.01. The van der Waals surface area contributed by atoms with Crippen molar-refractivity contribution in [3.05, 3.63) is 51.1 Å². The van der Waals surface area contributed by atoms with Crippen molar-refractivity contribution >= 4 is 38.2 Å². The molecule has 2 N–H and O–H groups in total. The topological polar surface area (TPSA) is 52.0 Å². The van der Waals surface area contributed by atoms with E-state index in [2.05, 4.69) is 20.9 Å². The lowest BCUT2D eigenvalue weighted by Crippen LogP contribution is -2.12. The number of nitrogens with zero attached hydrogens (tertiary/aromatic N) is 1. The first kappa shape index (κ1) is 11.9. The number of hydrogen-bond acceptors (Lipinski definition) is 4. The van der Waals surface area contributed by atoms with E-state index in [1.807, 2.05) is 29.6 Å². The van der Waals surface area contributed by atoms with Gasteiger partial charge in [0, 0.05) is 23.4 Å². The number of benzene rings is 1. The zero-order valence-corrected chi connectivity index (χ0v) is 11.9. The molecule has 0 radical (unpaired) electrons. The predicted octanol–water partition coefficient (Wildman–Crippen LogP) is 3.89. The van der Waals surface area contributed by atoms with Gasteiger partial charge in [0.25, 0.3) is 0 Å². The van der Waals surface area contributed by atoms with Gasteiger partial charge in [-0.1, -0.05) is 12.1 Å². The van der Waals surface area contributed by atoms with Gasteiger partial charge in [-0.3, -0.25) is 0 Å². The number of thiazole rings is 1. The van der Waals surface area contributed by atoms with Gasteiger partial charge < -0.3 is 10.2 Å². The van der Waals surface area contributed by atoms with Crippen LogP contribution in [0.15, 0.2) is 44.7 Å². The second-order valence-corrected chi connectivity index (χ2v) is 5.88. The molecule has 1 aromatic carbocycles. The molecule has 3 nitrogen and oxygen atoms in total. The normalized spacial score (nSPS) is 13.0. The number of fused-ring (bicyclic) bond motifs is 1. The Morgan fingerprint density at radius 2 is 2.33 bits per heavy atom. The molecule has 3 aromatic rings. The maximum atomic E-state index is 6.16. The third-order valence-electron chi connectivity index (χ3n) is 2.76. The summed E-state index contributed by atoms with van der Waals surface area (Å²) in [5, 5.41) is 4.05. The van der Waals surface area contributed by atoms with Gasteiger partial charge in [0.15, 0.2) is 0 Å². The summed E-state index contributed by atoms with van der Waals surface area (Å²) in [6.07, 6.45) is 2.50. The average Bonchev–Trinajstić information content (AvgIpc) is 2.97. The second-order valence-electron chi connectivity index (χ2n) is 4.04. The highest BCUT2D eigenvalue weighted by Crippen LogP contribution is 2.30. The van der Waals surface area contributed by atoms with Crippen LogP contribution in [0.4, 0.5) is 0 Å². The number of hydrogen-bond donors (Lipinski definition) is 1. The average molecular weight is 323 g/mol. The summed E-state index contributed by atoms with van der Waals surface area (Å²) >= 11 is 5.09. The van der Waals surface area contributed by atoms with Crippen LogP contribution in [-0.2, 0) is 6.42 Å². The van der Waals surface area contributed by atoms with E-state index in [4.69, 9.17) is 10.2 Å². The van der Waals surface area contributed by atoms with Gasteiger partial charge in [-0.2, -0.15) is 0 Å². The van der Waals surface area contributed by atoms with Crippen LogP contribution < -0.4 is 5.73 Å². The molecular weight excluding hydrogens is 312 g/mol. The van der Waals surface area contributed by atoms with E-state index >= 15 is 0 Å². The summed E-state index contributed by atoms with van der Waals surface area (Å²) in [6.45, 7) is 0. The number of rotatable bonds is 3. The molecule has 1 unspecified atom stereocenters. The predicted molar refractivity (Wildman–Crippen MR) is 76.7 cm³/mol. The first-order valence-electron chi connectivity index (χ1n) is 5.56. The van der Waals surface area contributed by atoms with Crippen LogP contribution in [0.1, 0.15) is 16.8 Å². The lowest BCUT2D eigenvalue weighted by atomic mass is 10.1. The van der Waals surface area contributed by atoms with Crippen molar-refractivity contribution in [2.24, 2.45) is 5.73 Å². The van der Waals surface area contributed by atoms with Crippen molar-refractivity contribution in [3.8, 4) is 0 Å². The Balaban J connectivity index is 1.92. The quantitative estimate of drug-likeness (QED) is 0.795. The molecular formula is C13H11BrN2OS. The third-order valence-corrected chi connectivity index (χ3v) is 4.18. The van der Waals surface area contributed by atoms with E-state index in [1.165, 1.54) is 0 Å². The summed E-state index contributed by atoms with van der Waals surface area (Å²) in [5.41, 5.74) is 7.01. The van der Waals surface area contributed by atoms with Crippen LogP contribution in [-0.4, -0.2) is 4.98 Å². The van der Waals surface area contributed by atoms with Crippen molar-refractivity contribution in [2.75, 3.05) is 0 Å². The fourth-order valence-electron chi connectivity index (χ4n) is 1.87. The van der Waals surface area contributed by atoms with E-state index in [0.717, 1.165) is 26.2 Å². The first-order valence-corrected chi connectivity index (χ1v) is 7.23. The van der Waals surface area contributed by atoms with Crippen LogP contribution in [0, 0.1) is 0 Å². The SMILES string of the molecule is NC(Cc1nccs1)c1cc2cccc(Br)c2o1. The summed E-state index contributed by atoms with van der Waals surface area (Å²) < 4.78 is 6.77. The van der Waals surface area contributed by atoms with E-state index < -0.39 is 0 Å². The molecule has 0 amide bonds. The van der Waals surface area contributed by atoms with E-state index in [-0.39, 0.29) is 6.04 Å². The van der Waals surface area contributed by atoms with Crippen molar-refractivity contribution in [1.29, 1.82) is 0 Å². The first-order chi connectivity index (χ1) is 8.74. The minimum Gasteiger partial charge on any atom is -0.458 e. The van der Waals surface area contributed by atoms with Gasteiger partial charge in [0.1, 0.15) is 11.3 Å². The fraction of sp³-hybridized carbons (Fsp3) is 0.154. The second kappa shape index (κ2) is 4.84. The largest absolute Gasteiger partial charge is 0.458 e. The van der Waals surface area contributed by atoms with Gasteiger partial charge >= 0.3 is 0 Å². The van der Waals surface area contributed by atoms with Crippen LogP contribution in [0.5, 0.6) is 0 Å². The molecule has 0 aliphatic heterocycles. The molecule has 2 heterocycles. The molecule has 92 valence electrons. The summed E-state index contributed by atoms with van der Waals surface area (Å²) in [6, 6.07) is 7.80. The zero-order valence-electron chi connectivity index (χ0n) is 9.47. The molecule has 0 saturated heterocycles. The van der Waals surface area contributed by atoms with Crippen molar-refractivity contribution in [1.82, 2.24) is 4.98 Å². The molecule has 0 bridgehead atoms. The highest BCUT2D eigenvalue weighted by molar-refractivity contribution is 9.10. The number of nitrogens with two attached hydrogens (primary N) is 1. The van der Waals surface area contributed by atoms with Crippen LogP contribution in [0.25, 0.3) is 11.0 Å². The zero-order chi connectivity index (χ0) is 12.5. The highest BCUT2D eigenvalue weighted by atomic mass is 79.9. The lowest BCUT2D eigenvalue weighted by molar-refractivity contribution is 0.492. The molecule has 0 spiro atoms. The number of furan rings is 1. The van der Waals surface area contributed by atoms with Crippen LogP contribution in [0.2, 0.25) is 0 Å². The smallest absolute Gasteiger partial charge is 0.148 e. The molecule has 0 aliphatic rings. The summed E-state index contributed by atoms with van der Waals surface area (Å²) in [4.78, 5) is 4.24. The van der Waals surface area contributed by atoms with Crippen molar-refractivity contribution < 1.29 is 4.42 Å². The maximum absolute atomic E-state index is 6.16. The molecule has 3 rings (SSSR count). The molecule has 0 fully saturated rings. The molecule has 5 heteroatoms. The molecule has 1 atom stereocenters. The maximum Gasteiger partial charge on any atom is 0.148 e. The minimum absolute atomic E-state index is 0.157. The summed E-state index contributed by atoms with van der Waals surface area (Å²) in [5.74, 6) is 0.798. The van der Waals surface area contributed by atoms with E-state index in [0.29, 0.717) is 6.42 Å². The lowest BCUT2D eigenvalue weighted by Gasteiger charge is -2.05. The number of para-hydroxylation sites is 1. The van der Waals surface area contributed by atoms with Crippen molar-refractivity contribution in [2.45, 2.75) is 12.5 Å². The Labute approximate surface area is 117 Å².